The SMILES string of the molecule is CCC1CCC(NC)C(CCS(=O)(=O)C(C)(C)C)C1. The summed E-state index contributed by atoms with van der Waals surface area (Å²) in [4.78, 5) is 0. The quantitative estimate of drug-likeness (QED) is 0.846. The van der Waals surface area contributed by atoms with Gasteiger partial charge in [0, 0.05) is 6.04 Å². The Labute approximate surface area is 119 Å². The Hall–Kier alpha value is -0.0900. The van der Waals surface area contributed by atoms with Gasteiger partial charge in [-0.3, -0.25) is 0 Å². The van der Waals surface area contributed by atoms with Crippen LogP contribution >= 0.6 is 0 Å². The third kappa shape index (κ3) is 4.45. The van der Waals surface area contributed by atoms with Crippen molar-refractivity contribution in [1.29, 1.82) is 0 Å². The van der Waals surface area contributed by atoms with Crippen LogP contribution in [0.3, 0.4) is 0 Å². The van der Waals surface area contributed by atoms with Crippen molar-refractivity contribution in [3.8, 4) is 0 Å². The van der Waals surface area contributed by atoms with Gasteiger partial charge < -0.3 is 5.32 Å². The van der Waals surface area contributed by atoms with Gasteiger partial charge in [-0.05, 0) is 65.3 Å². The van der Waals surface area contributed by atoms with Gasteiger partial charge in [-0.2, -0.15) is 0 Å². The Kier molecular flexibility index (Phi) is 5.87. The zero-order valence-corrected chi connectivity index (χ0v) is 14.0. The van der Waals surface area contributed by atoms with Gasteiger partial charge >= 0.3 is 0 Å². The normalized spacial score (nSPS) is 29.4. The lowest BCUT2D eigenvalue weighted by Gasteiger charge is -2.36. The largest absolute Gasteiger partial charge is 0.317 e. The van der Waals surface area contributed by atoms with Crippen LogP contribution in [0.5, 0.6) is 0 Å². The molecule has 1 rings (SSSR count). The third-order valence-corrected chi connectivity index (χ3v) is 7.37. The van der Waals surface area contributed by atoms with Crippen molar-refractivity contribution in [1.82, 2.24) is 5.32 Å². The van der Waals surface area contributed by atoms with E-state index in [1.807, 2.05) is 7.05 Å². The Morgan fingerprint density at radius 1 is 1.21 bits per heavy atom. The lowest BCUT2D eigenvalue weighted by atomic mass is 9.76. The van der Waals surface area contributed by atoms with Crippen molar-refractivity contribution in [3.63, 3.8) is 0 Å². The Morgan fingerprint density at radius 3 is 2.32 bits per heavy atom. The van der Waals surface area contributed by atoms with E-state index >= 15 is 0 Å². The molecule has 0 spiro atoms. The van der Waals surface area contributed by atoms with Crippen LogP contribution in [0.2, 0.25) is 0 Å². The predicted molar refractivity (Wildman–Crippen MR) is 82.1 cm³/mol. The molecule has 4 heteroatoms. The molecule has 3 nitrogen and oxygen atoms in total. The van der Waals surface area contributed by atoms with Crippen molar-refractivity contribution < 1.29 is 8.42 Å². The van der Waals surface area contributed by atoms with Gasteiger partial charge in [0.1, 0.15) is 0 Å². The maximum absolute atomic E-state index is 12.2. The first-order chi connectivity index (χ1) is 8.71. The number of hydrogen-bond donors (Lipinski definition) is 1. The first-order valence-corrected chi connectivity index (χ1v) is 9.26. The first kappa shape index (κ1) is 17.0. The highest BCUT2D eigenvalue weighted by Crippen LogP contribution is 2.34. The van der Waals surface area contributed by atoms with Gasteiger partial charge in [0.05, 0.1) is 10.5 Å². The Morgan fingerprint density at radius 2 is 1.84 bits per heavy atom. The zero-order chi connectivity index (χ0) is 14.7. The molecule has 1 saturated carbocycles. The minimum Gasteiger partial charge on any atom is -0.317 e. The van der Waals surface area contributed by atoms with Crippen LogP contribution in [-0.4, -0.2) is 32.0 Å². The standard InChI is InChI=1S/C15H31NO2S/c1-6-12-7-8-14(16-5)13(11-12)9-10-19(17,18)15(2,3)4/h12-14,16H,6-11H2,1-5H3. The summed E-state index contributed by atoms with van der Waals surface area (Å²) >= 11 is 0. The minimum absolute atomic E-state index is 0.329. The van der Waals surface area contributed by atoms with E-state index < -0.39 is 14.6 Å². The molecule has 0 bridgehead atoms. The van der Waals surface area contributed by atoms with Gasteiger partial charge in [-0.25, -0.2) is 8.42 Å². The lowest BCUT2D eigenvalue weighted by Crippen LogP contribution is -2.40. The maximum Gasteiger partial charge on any atom is 0.155 e. The maximum atomic E-state index is 12.2. The van der Waals surface area contributed by atoms with Crippen molar-refractivity contribution in [3.05, 3.63) is 0 Å². The molecule has 0 saturated heterocycles. The highest BCUT2D eigenvalue weighted by atomic mass is 32.2. The molecule has 0 aromatic heterocycles. The van der Waals surface area contributed by atoms with E-state index in [-0.39, 0.29) is 0 Å². The van der Waals surface area contributed by atoms with E-state index in [1.54, 1.807) is 20.8 Å². The second kappa shape index (κ2) is 6.57. The fourth-order valence-electron chi connectivity index (χ4n) is 3.04. The molecule has 0 aromatic rings. The number of sulfone groups is 1. The molecule has 0 amide bonds. The predicted octanol–water partition coefficient (Wildman–Crippen LogP) is 3.00. The monoisotopic (exact) mass is 289 g/mol. The number of hydrogen-bond acceptors (Lipinski definition) is 3. The summed E-state index contributed by atoms with van der Waals surface area (Å²) in [5.41, 5.74) is 0. The lowest BCUT2D eigenvalue weighted by molar-refractivity contribution is 0.202. The minimum atomic E-state index is -2.98. The third-order valence-electron chi connectivity index (χ3n) is 4.73. The van der Waals surface area contributed by atoms with Crippen LogP contribution in [0.25, 0.3) is 0 Å². The topological polar surface area (TPSA) is 46.2 Å². The first-order valence-electron chi connectivity index (χ1n) is 7.60. The van der Waals surface area contributed by atoms with E-state index in [0.29, 0.717) is 17.7 Å². The molecule has 0 heterocycles. The van der Waals surface area contributed by atoms with Crippen LogP contribution in [-0.2, 0) is 9.84 Å². The highest BCUT2D eigenvalue weighted by Gasteiger charge is 2.33. The van der Waals surface area contributed by atoms with Crippen LogP contribution in [0.15, 0.2) is 0 Å². The highest BCUT2D eigenvalue weighted by molar-refractivity contribution is 7.92. The average molecular weight is 289 g/mol. The van der Waals surface area contributed by atoms with Crippen LogP contribution in [0.1, 0.15) is 59.8 Å². The summed E-state index contributed by atoms with van der Waals surface area (Å²) in [5, 5.41) is 3.38. The van der Waals surface area contributed by atoms with E-state index in [9.17, 15) is 8.42 Å². The van der Waals surface area contributed by atoms with Crippen molar-refractivity contribution in [2.24, 2.45) is 11.8 Å². The van der Waals surface area contributed by atoms with E-state index in [1.165, 1.54) is 25.7 Å². The zero-order valence-electron chi connectivity index (χ0n) is 13.2. The molecule has 114 valence electrons. The summed E-state index contributed by atoms with van der Waals surface area (Å²) in [6.07, 6.45) is 5.68. The molecule has 0 aromatic carbocycles. The molecule has 1 fully saturated rings. The molecule has 1 aliphatic carbocycles. The summed E-state index contributed by atoms with van der Waals surface area (Å²) in [6, 6.07) is 0.498. The van der Waals surface area contributed by atoms with E-state index in [0.717, 1.165) is 12.3 Å². The molecule has 19 heavy (non-hydrogen) atoms. The molecule has 3 atom stereocenters. The van der Waals surface area contributed by atoms with Crippen molar-refractivity contribution in [2.45, 2.75) is 70.6 Å². The molecule has 3 unspecified atom stereocenters. The molecule has 0 radical (unpaired) electrons. The van der Waals surface area contributed by atoms with Crippen molar-refractivity contribution in [2.75, 3.05) is 12.8 Å². The van der Waals surface area contributed by atoms with Gasteiger partial charge in [0.15, 0.2) is 9.84 Å². The van der Waals surface area contributed by atoms with Gasteiger partial charge in [0.2, 0.25) is 0 Å². The van der Waals surface area contributed by atoms with Crippen LogP contribution in [0, 0.1) is 11.8 Å². The van der Waals surface area contributed by atoms with E-state index in [2.05, 4.69) is 12.2 Å². The van der Waals surface area contributed by atoms with Crippen LogP contribution < -0.4 is 5.32 Å². The molecule has 1 aliphatic rings. The molecular weight excluding hydrogens is 258 g/mol. The summed E-state index contributed by atoms with van der Waals surface area (Å²) in [7, 11) is -0.979. The Bertz CT molecular complexity index is 370. The Balaban J connectivity index is 2.63. The second-order valence-corrected chi connectivity index (χ2v) is 9.82. The van der Waals surface area contributed by atoms with Crippen molar-refractivity contribution >= 4 is 9.84 Å². The molecular formula is C15H31NO2S. The second-order valence-electron chi connectivity index (χ2n) is 6.96. The fourth-order valence-corrected chi connectivity index (χ4v) is 4.27. The van der Waals surface area contributed by atoms with E-state index in [4.69, 9.17) is 0 Å². The fraction of sp³-hybridized carbons (Fsp3) is 1.00. The summed E-state index contributed by atoms with van der Waals surface area (Å²) < 4.78 is 23.8. The van der Waals surface area contributed by atoms with Gasteiger partial charge in [-0.15, -0.1) is 0 Å². The van der Waals surface area contributed by atoms with Gasteiger partial charge in [0.25, 0.3) is 0 Å². The average Bonchev–Trinajstić information content (AvgIpc) is 2.34. The summed E-state index contributed by atoms with van der Waals surface area (Å²) in [5.74, 6) is 1.63. The number of rotatable bonds is 5. The molecule has 0 aliphatic heterocycles. The number of nitrogens with one attached hydrogen (secondary N) is 1. The summed E-state index contributed by atoms with van der Waals surface area (Å²) in [6.45, 7) is 7.64. The van der Waals surface area contributed by atoms with Gasteiger partial charge in [-0.1, -0.05) is 13.3 Å². The van der Waals surface area contributed by atoms with Crippen LogP contribution in [0.4, 0.5) is 0 Å². The molecule has 1 N–H and O–H groups in total. The smallest absolute Gasteiger partial charge is 0.155 e.